The van der Waals surface area contributed by atoms with Gasteiger partial charge >= 0.3 is 11.8 Å². The molecule has 0 aromatic heterocycles. The summed E-state index contributed by atoms with van der Waals surface area (Å²) in [7, 11) is 1.59. The van der Waals surface area contributed by atoms with E-state index in [0.29, 0.717) is 5.69 Å². The molecule has 0 saturated heterocycles. The summed E-state index contributed by atoms with van der Waals surface area (Å²) in [5.41, 5.74) is 1.50. The van der Waals surface area contributed by atoms with Crippen LogP contribution >= 0.6 is 0 Å². The molecule has 0 aliphatic carbocycles. The average molecular weight is 334 g/mol. The average Bonchev–Trinajstić information content (AvgIpc) is 2.66. The molecule has 3 aromatic rings. The lowest BCUT2D eigenvalue weighted by Crippen LogP contribution is -2.35. The number of nitrogens with one attached hydrogen (secondary N) is 2. The second-order valence-electron chi connectivity index (χ2n) is 5.51. The normalized spacial score (nSPS) is 10.3. The summed E-state index contributed by atoms with van der Waals surface area (Å²) in [5.74, 6) is -0.627. The molecule has 0 radical (unpaired) electrons. The third-order valence-electron chi connectivity index (χ3n) is 3.86. The summed E-state index contributed by atoms with van der Waals surface area (Å²) in [4.78, 5) is 24.2. The van der Waals surface area contributed by atoms with E-state index in [2.05, 4.69) is 10.6 Å². The summed E-state index contributed by atoms with van der Waals surface area (Å²) in [6.07, 6.45) is 0. The molecule has 3 aromatic carbocycles. The van der Waals surface area contributed by atoms with Gasteiger partial charge in [-0.2, -0.15) is 0 Å². The minimum absolute atomic E-state index is 0.270. The first kappa shape index (κ1) is 16.5. The van der Waals surface area contributed by atoms with Crippen molar-refractivity contribution in [3.8, 4) is 5.75 Å². The molecule has 0 bridgehead atoms. The van der Waals surface area contributed by atoms with Crippen LogP contribution in [0.15, 0.2) is 66.7 Å². The lowest BCUT2D eigenvalue weighted by molar-refractivity contribution is -0.136. The van der Waals surface area contributed by atoms with Crippen molar-refractivity contribution < 1.29 is 14.3 Å². The smallest absolute Gasteiger partial charge is 0.313 e. The van der Waals surface area contributed by atoms with E-state index in [1.807, 2.05) is 48.5 Å². The van der Waals surface area contributed by atoms with Crippen molar-refractivity contribution in [2.45, 2.75) is 6.54 Å². The van der Waals surface area contributed by atoms with Gasteiger partial charge in [0, 0.05) is 17.6 Å². The van der Waals surface area contributed by atoms with Crippen molar-refractivity contribution in [3.63, 3.8) is 0 Å². The molecule has 2 amide bonds. The Morgan fingerprint density at radius 2 is 1.60 bits per heavy atom. The maximum Gasteiger partial charge on any atom is 0.313 e. The summed E-state index contributed by atoms with van der Waals surface area (Å²) in [6, 6.07) is 20.5. The minimum Gasteiger partial charge on any atom is -0.497 e. The molecular weight excluding hydrogens is 316 g/mol. The van der Waals surface area contributed by atoms with Crippen LogP contribution in [0, 0.1) is 0 Å². The highest BCUT2D eigenvalue weighted by molar-refractivity contribution is 6.40. The highest BCUT2D eigenvalue weighted by atomic mass is 16.5. The second kappa shape index (κ2) is 7.49. The van der Waals surface area contributed by atoms with Gasteiger partial charge in [-0.05, 0) is 29.1 Å². The first-order valence-corrected chi connectivity index (χ1v) is 7.87. The molecule has 0 unspecified atom stereocenters. The van der Waals surface area contributed by atoms with Crippen LogP contribution in [0.25, 0.3) is 10.8 Å². The van der Waals surface area contributed by atoms with Gasteiger partial charge in [0.25, 0.3) is 0 Å². The summed E-state index contributed by atoms with van der Waals surface area (Å²) in [6.45, 7) is 0.270. The zero-order valence-corrected chi connectivity index (χ0v) is 13.8. The van der Waals surface area contributed by atoms with Crippen LogP contribution in [0.5, 0.6) is 5.75 Å². The lowest BCUT2D eigenvalue weighted by atomic mass is 10.1. The zero-order valence-electron chi connectivity index (χ0n) is 13.8. The van der Waals surface area contributed by atoms with Gasteiger partial charge < -0.3 is 15.4 Å². The van der Waals surface area contributed by atoms with E-state index in [4.69, 9.17) is 4.74 Å². The minimum atomic E-state index is -0.690. The van der Waals surface area contributed by atoms with Crippen molar-refractivity contribution in [2.24, 2.45) is 0 Å². The molecule has 126 valence electrons. The van der Waals surface area contributed by atoms with Crippen LogP contribution in [0.4, 0.5) is 5.69 Å². The fourth-order valence-corrected chi connectivity index (χ4v) is 2.52. The van der Waals surface area contributed by atoms with Crippen molar-refractivity contribution in [2.75, 3.05) is 12.4 Å². The number of methoxy groups -OCH3 is 1. The van der Waals surface area contributed by atoms with Crippen LogP contribution in [0.1, 0.15) is 5.56 Å². The Hall–Kier alpha value is -3.34. The van der Waals surface area contributed by atoms with E-state index in [-0.39, 0.29) is 6.54 Å². The van der Waals surface area contributed by atoms with Gasteiger partial charge in [0.15, 0.2) is 0 Å². The van der Waals surface area contributed by atoms with Crippen molar-refractivity contribution in [3.05, 3.63) is 72.3 Å². The largest absolute Gasteiger partial charge is 0.497 e. The van der Waals surface area contributed by atoms with Crippen LogP contribution in [0.3, 0.4) is 0 Å². The standard InChI is InChI=1S/C20H18N2O3/c1-25-16-11-9-14(10-12-16)13-21-19(23)20(24)22-18-8-4-6-15-5-2-3-7-17(15)18/h2-12H,13H2,1H3,(H,21,23)(H,22,24). The molecule has 0 fully saturated rings. The Labute approximate surface area is 145 Å². The van der Waals surface area contributed by atoms with Gasteiger partial charge in [-0.3, -0.25) is 9.59 Å². The second-order valence-corrected chi connectivity index (χ2v) is 5.51. The van der Waals surface area contributed by atoms with E-state index in [1.165, 1.54) is 0 Å². The van der Waals surface area contributed by atoms with Crippen LogP contribution < -0.4 is 15.4 Å². The predicted octanol–water partition coefficient (Wildman–Crippen LogP) is 3.10. The molecule has 0 aliphatic rings. The van der Waals surface area contributed by atoms with E-state index >= 15 is 0 Å². The van der Waals surface area contributed by atoms with Gasteiger partial charge in [-0.1, -0.05) is 48.5 Å². The quantitative estimate of drug-likeness (QED) is 0.721. The van der Waals surface area contributed by atoms with Crippen LogP contribution in [-0.2, 0) is 16.1 Å². The number of ether oxygens (including phenoxy) is 1. The number of anilines is 1. The summed E-state index contributed by atoms with van der Waals surface area (Å²) < 4.78 is 5.08. The van der Waals surface area contributed by atoms with Gasteiger partial charge in [0.2, 0.25) is 0 Å². The Morgan fingerprint density at radius 3 is 2.36 bits per heavy atom. The van der Waals surface area contributed by atoms with Gasteiger partial charge in [0.05, 0.1) is 7.11 Å². The third-order valence-corrected chi connectivity index (χ3v) is 3.86. The summed E-state index contributed by atoms with van der Waals surface area (Å²) in [5, 5.41) is 7.17. The third kappa shape index (κ3) is 3.95. The topological polar surface area (TPSA) is 67.4 Å². The maximum atomic E-state index is 12.1. The molecule has 5 nitrogen and oxygen atoms in total. The van der Waals surface area contributed by atoms with Gasteiger partial charge in [-0.25, -0.2) is 0 Å². The molecule has 0 saturated carbocycles. The maximum absolute atomic E-state index is 12.1. The van der Waals surface area contributed by atoms with Gasteiger partial charge in [0.1, 0.15) is 5.75 Å². The number of hydrogen-bond acceptors (Lipinski definition) is 3. The highest BCUT2D eigenvalue weighted by Crippen LogP contribution is 2.22. The predicted molar refractivity (Wildman–Crippen MR) is 97.4 cm³/mol. The Balaban J connectivity index is 1.63. The first-order valence-electron chi connectivity index (χ1n) is 7.87. The van der Waals surface area contributed by atoms with Crippen LogP contribution in [-0.4, -0.2) is 18.9 Å². The molecule has 3 rings (SSSR count). The number of hydrogen-bond donors (Lipinski definition) is 2. The lowest BCUT2D eigenvalue weighted by Gasteiger charge is -2.09. The molecule has 0 aliphatic heterocycles. The van der Waals surface area contributed by atoms with Gasteiger partial charge in [-0.15, -0.1) is 0 Å². The SMILES string of the molecule is COc1ccc(CNC(=O)C(=O)Nc2cccc3ccccc23)cc1. The fraction of sp³-hybridized carbons (Fsp3) is 0.100. The molecule has 2 N–H and O–H groups in total. The number of amides is 2. The number of benzene rings is 3. The molecule has 25 heavy (non-hydrogen) atoms. The van der Waals surface area contributed by atoms with E-state index in [9.17, 15) is 9.59 Å². The summed E-state index contributed by atoms with van der Waals surface area (Å²) >= 11 is 0. The van der Waals surface area contributed by atoms with Crippen LogP contribution in [0.2, 0.25) is 0 Å². The monoisotopic (exact) mass is 334 g/mol. The Morgan fingerprint density at radius 1 is 0.880 bits per heavy atom. The van der Waals surface area contributed by atoms with E-state index < -0.39 is 11.8 Å². The fourth-order valence-electron chi connectivity index (χ4n) is 2.52. The number of fused-ring (bicyclic) bond motifs is 1. The first-order chi connectivity index (χ1) is 12.2. The Bertz CT molecular complexity index is 899. The molecule has 0 spiro atoms. The molecule has 0 atom stereocenters. The number of carbonyl (C=O) groups excluding carboxylic acids is 2. The zero-order chi connectivity index (χ0) is 17.6. The molecule has 5 heteroatoms. The number of carbonyl (C=O) groups is 2. The van der Waals surface area contributed by atoms with Crippen molar-refractivity contribution in [1.82, 2.24) is 5.32 Å². The Kier molecular flexibility index (Phi) is 4.95. The van der Waals surface area contributed by atoms with Crippen molar-refractivity contribution >= 4 is 28.3 Å². The number of rotatable bonds is 4. The van der Waals surface area contributed by atoms with E-state index in [0.717, 1.165) is 22.1 Å². The molecule has 0 heterocycles. The highest BCUT2D eigenvalue weighted by Gasteiger charge is 2.14. The van der Waals surface area contributed by atoms with Crippen molar-refractivity contribution in [1.29, 1.82) is 0 Å². The van der Waals surface area contributed by atoms with E-state index in [1.54, 1.807) is 25.3 Å². The molecular formula is C20H18N2O3.